The van der Waals surface area contributed by atoms with Gasteiger partial charge in [0.25, 0.3) is 5.91 Å². The lowest BCUT2D eigenvalue weighted by Gasteiger charge is -2.16. The van der Waals surface area contributed by atoms with Crippen LogP contribution in [0.5, 0.6) is 0 Å². The highest BCUT2D eigenvalue weighted by Gasteiger charge is 2.14. The summed E-state index contributed by atoms with van der Waals surface area (Å²) >= 11 is 4.61. The lowest BCUT2D eigenvalue weighted by Crippen LogP contribution is -2.26. The van der Waals surface area contributed by atoms with Crippen LogP contribution >= 0.6 is 27.3 Å². The quantitative estimate of drug-likeness (QED) is 0.853. The topological polar surface area (TPSA) is 33.2 Å². The van der Waals surface area contributed by atoms with E-state index in [-0.39, 0.29) is 5.91 Å². The fourth-order valence-electron chi connectivity index (χ4n) is 1.65. The first-order valence-electron chi connectivity index (χ1n) is 5.59. The molecule has 1 aromatic heterocycles. The summed E-state index contributed by atoms with van der Waals surface area (Å²) in [5.41, 5.74) is 1.17. The van der Waals surface area contributed by atoms with Crippen LogP contribution in [0.4, 0.5) is 4.39 Å². The van der Waals surface area contributed by atoms with Gasteiger partial charge >= 0.3 is 0 Å². The van der Waals surface area contributed by atoms with Gasteiger partial charge in [-0.3, -0.25) is 4.79 Å². The van der Waals surface area contributed by atoms with Crippen molar-refractivity contribution in [3.8, 4) is 0 Å². The van der Waals surface area contributed by atoms with Crippen molar-refractivity contribution < 1.29 is 9.18 Å². The zero-order valence-electron chi connectivity index (χ0n) is 10.5. The molecule has 6 heteroatoms. The maximum atomic E-state index is 13.4. The Kier molecular flexibility index (Phi) is 4.31. The van der Waals surface area contributed by atoms with Crippen molar-refractivity contribution in [3.63, 3.8) is 0 Å². The van der Waals surface area contributed by atoms with E-state index < -0.39 is 5.82 Å². The number of aromatic nitrogens is 1. The molecule has 0 atom stereocenters. The molecule has 0 radical (unpaired) electrons. The number of hydrogen-bond acceptors (Lipinski definition) is 3. The van der Waals surface area contributed by atoms with Crippen molar-refractivity contribution in [1.29, 1.82) is 0 Å². The van der Waals surface area contributed by atoms with Crippen molar-refractivity contribution in [2.45, 2.75) is 13.5 Å². The summed E-state index contributed by atoms with van der Waals surface area (Å²) in [5, 5.41) is 2.88. The minimum Gasteiger partial charge on any atom is -0.336 e. The molecule has 1 heterocycles. The van der Waals surface area contributed by atoms with E-state index in [1.54, 1.807) is 24.5 Å². The number of aryl methyl sites for hydroxylation is 1. The lowest BCUT2D eigenvalue weighted by atomic mass is 10.2. The summed E-state index contributed by atoms with van der Waals surface area (Å²) in [4.78, 5) is 18.0. The van der Waals surface area contributed by atoms with Crippen molar-refractivity contribution in [2.75, 3.05) is 7.05 Å². The Morgan fingerprint density at radius 2 is 2.26 bits per heavy atom. The van der Waals surface area contributed by atoms with Crippen LogP contribution in [0.2, 0.25) is 0 Å². The molecule has 0 saturated heterocycles. The van der Waals surface area contributed by atoms with Crippen LogP contribution < -0.4 is 0 Å². The summed E-state index contributed by atoms with van der Waals surface area (Å²) in [5.74, 6) is -0.666. The highest BCUT2D eigenvalue weighted by molar-refractivity contribution is 9.10. The summed E-state index contributed by atoms with van der Waals surface area (Å²) in [6.45, 7) is 2.33. The number of amides is 1. The number of thiazole rings is 1. The molecule has 0 fully saturated rings. The van der Waals surface area contributed by atoms with E-state index >= 15 is 0 Å². The largest absolute Gasteiger partial charge is 0.336 e. The van der Waals surface area contributed by atoms with Crippen LogP contribution in [0.25, 0.3) is 0 Å². The minimum absolute atomic E-state index is 0.225. The average molecular weight is 343 g/mol. The first-order valence-corrected chi connectivity index (χ1v) is 7.26. The second-order valence-electron chi connectivity index (χ2n) is 4.15. The van der Waals surface area contributed by atoms with Gasteiger partial charge in [-0.05, 0) is 41.1 Å². The molecular weight excluding hydrogens is 331 g/mol. The van der Waals surface area contributed by atoms with Gasteiger partial charge in [-0.1, -0.05) is 0 Å². The van der Waals surface area contributed by atoms with E-state index in [2.05, 4.69) is 20.9 Å². The molecule has 0 spiro atoms. The molecule has 0 unspecified atom stereocenters. The molecule has 1 aromatic carbocycles. The number of halogens is 2. The highest BCUT2D eigenvalue weighted by Crippen LogP contribution is 2.18. The number of benzene rings is 1. The van der Waals surface area contributed by atoms with Crippen LogP contribution in [-0.4, -0.2) is 22.8 Å². The van der Waals surface area contributed by atoms with E-state index in [1.165, 1.54) is 17.0 Å². The number of hydrogen-bond donors (Lipinski definition) is 0. The van der Waals surface area contributed by atoms with Gasteiger partial charge in [-0.15, -0.1) is 11.3 Å². The Hall–Kier alpha value is -1.27. The fourth-order valence-corrected chi connectivity index (χ4v) is 2.50. The van der Waals surface area contributed by atoms with Gasteiger partial charge < -0.3 is 4.90 Å². The first-order chi connectivity index (χ1) is 8.97. The Morgan fingerprint density at radius 3 is 2.84 bits per heavy atom. The van der Waals surface area contributed by atoms with Crippen molar-refractivity contribution in [1.82, 2.24) is 9.88 Å². The zero-order valence-corrected chi connectivity index (χ0v) is 12.9. The van der Waals surface area contributed by atoms with Gasteiger partial charge in [0.05, 0.1) is 21.7 Å². The molecule has 0 bridgehead atoms. The predicted molar refractivity (Wildman–Crippen MR) is 76.7 cm³/mol. The second-order valence-corrected chi connectivity index (χ2v) is 6.06. The van der Waals surface area contributed by atoms with Crippen LogP contribution in [0.1, 0.15) is 21.1 Å². The first kappa shape index (κ1) is 14.1. The standard InChI is InChI=1S/C13H12BrFN2OS/c1-8-16-10(7-19-8)6-17(2)13(18)9-3-4-11(14)12(15)5-9/h3-5,7H,6H2,1-2H3. The number of carbonyl (C=O) groups is 1. The highest BCUT2D eigenvalue weighted by atomic mass is 79.9. The Labute approximate surface area is 123 Å². The van der Waals surface area contributed by atoms with Gasteiger partial charge in [-0.2, -0.15) is 0 Å². The lowest BCUT2D eigenvalue weighted by molar-refractivity contribution is 0.0783. The van der Waals surface area contributed by atoms with E-state index in [9.17, 15) is 9.18 Å². The molecule has 3 nitrogen and oxygen atoms in total. The van der Waals surface area contributed by atoms with E-state index in [0.717, 1.165) is 10.7 Å². The van der Waals surface area contributed by atoms with Crippen molar-refractivity contribution in [2.24, 2.45) is 0 Å². The van der Waals surface area contributed by atoms with Crippen molar-refractivity contribution >= 4 is 33.2 Å². The van der Waals surface area contributed by atoms with Crippen LogP contribution in [-0.2, 0) is 6.54 Å². The van der Waals surface area contributed by atoms with Crippen molar-refractivity contribution in [3.05, 3.63) is 50.1 Å². The number of nitrogens with zero attached hydrogens (tertiary/aromatic N) is 2. The van der Waals surface area contributed by atoms with Gasteiger partial charge in [0, 0.05) is 18.0 Å². The molecule has 0 saturated carbocycles. The van der Waals surface area contributed by atoms with E-state index in [1.807, 2.05) is 12.3 Å². The molecule has 1 amide bonds. The summed E-state index contributed by atoms with van der Waals surface area (Å²) < 4.78 is 13.8. The molecule has 100 valence electrons. The molecule has 2 rings (SSSR count). The molecule has 0 N–H and O–H groups in total. The third-order valence-corrected chi connectivity index (χ3v) is 4.04. The SMILES string of the molecule is Cc1nc(CN(C)C(=O)c2ccc(Br)c(F)c2)cs1. The fraction of sp³-hybridized carbons (Fsp3) is 0.231. The van der Waals surface area contributed by atoms with E-state index in [4.69, 9.17) is 0 Å². The third kappa shape index (κ3) is 3.39. The number of rotatable bonds is 3. The van der Waals surface area contributed by atoms with Gasteiger partial charge in [-0.25, -0.2) is 9.37 Å². The zero-order chi connectivity index (χ0) is 14.0. The average Bonchev–Trinajstić information content (AvgIpc) is 2.77. The number of carbonyl (C=O) groups excluding carboxylic acids is 1. The molecule has 0 aliphatic rings. The summed E-state index contributed by atoms with van der Waals surface area (Å²) in [6.07, 6.45) is 0. The van der Waals surface area contributed by atoms with Gasteiger partial charge in [0.2, 0.25) is 0 Å². The molecule has 0 aliphatic heterocycles. The van der Waals surface area contributed by atoms with E-state index in [0.29, 0.717) is 16.6 Å². The molecule has 2 aromatic rings. The van der Waals surface area contributed by atoms with Gasteiger partial charge in [0.1, 0.15) is 5.82 Å². The molecule has 0 aliphatic carbocycles. The predicted octanol–water partition coefficient (Wildman–Crippen LogP) is 3.63. The normalized spacial score (nSPS) is 10.5. The van der Waals surface area contributed by atoms with Crippen LogP contribution in [0.15, 0.2) is 28.1 Å². The Morgan fingerprint density at radius 1 is 1.53 bits per heavy atom. The Bertz CT molecular complexity index is 614. The Balaban J connectivity index is 2.12. The summed E-state index contributed by atoms with van der Waals surface area (Å²) in [6, 6.07) is 4.36. The maximum Gasteiger partial charge on any atom is 0.254 e. The van der Waals surface area contributed by atoms with Gasteiger partial charge in [0.15, 0.2) is 0 Å². The molecule has 19 heavy (non-hydrogen) atoms. The molecular formula is C13H12BrFN2OS. The third-order valence-electron chi connectivity index (χ3n) is 2.58. The summed E-state index contributed by atoms with van der Waals surface area (Å²) in [7, 11) is 1.68. The minimum atomic E-state index is -0.441. The van der Waals surface area contributed by atoms with Crippen LogP contribution in [0, 0.1) is 12.7 Å². The smallest absolute Gasteiger partial charge is 0.254 e. The maximum absolute atomic E-state index is 13.4. The van der Waals surface area contributed by atoms with Crippen LogP contribution in [0.3, 0.4) is 0 Å². The monoisotopic (exact) mass is 342 g/mol. The second kappa shape index (κ2) is 5.79.